The number of fused-ring (bicyclic) bond motifs is 1. The molecule has 0 nitrogen and oxygen atoms in total. The van der Waals surface area contributed by atoms with Gasteiger partial charge in [0.05, 0.1) is 0 Å². The number of rotatable bonds is 0. The first-order chi connectivity index (χ1) is 6.57. The quantitative estimate of drug-likeness (QED) is 0.562. The molecular weight excluding hydrogens is 209 g/mol. The number of allylic oxidation sites excluding steroid dienone is 2. The summed E-state index contributed by atoms with van der Waals surface area (Å²) in [7, 11) is 0. The van der Waals surface area contributed by atoms with Crippen molar-refractivity contribution in [1.29, 1.82) is 0 Å². The lowest BCUT2D eigenvalue weighted by atomic mass is 9.98. The van der Waals surface area contributed by atoms with E-state index in [0.717, 1.165) is 31.0 Å². The van der Waals surface area contributed by atoms with E-state index in [1.165, 1.54) is 0 Å². The molecule has 1 aliphatic carbocycles. The van der Waals surface area contributed by atoms with Gasteiger partial charge in [-0.25, -0.2) is 0 Å². The second-order valence-electron chi connectivity index (χ2n) is 3.96. The van der Waals surface area contributed by atoms with Crippen LogP contribution in [0, 0.1) is 5.92 Å². The van der Waals surface area contributed by atoms with E-state index in [0.29, 0.717) is 0 Å². The third-order valence-electron chi connectivity index (χ3n) is 2.91. The first kappa shape index (κ1) is 10.4. The molecule has 1 aliphatic heterocycles. The highest BCUT2D eigenvalue weighted by molar-refractivity contribution is 8.00. The maximum absolute atomic E-state index is 12.5. The summed E-state index contributed by atoms with van der Waals surface area (Å²) in [6.45, 7) is 0. The van der Waals surface area contributed by atoms with Crippen molar-refractivity contribution in [2.75, 3.05) is 0 Å². The van der Waals surface area contributed by atoms with Crippen molar-refractivity contribution in [1.82, 2.24) is 0 Å². The maximum Gasteiger partial charge on any atom is 0.400 e. The Hall–Kier alpha value is -0.120. The first-order valence-electron chi connectivity index (χ1n) is 4.96. The van der Waals surface area contributed by atoms with Crippen molar-refractivity contribution in [2.45, 2.75) is 42.4 Å². The smallest absolute Gasteiger partial charge is 0.170 e. The van der Waals surface area contributed by atoms with Gasteiger partial charge in [0.25, 0.3) is 0 Å². The van der Waals surface area contributed by atoms with Crippen molar-refractivity contribution in [3.8, 4) is 0 Å². The summed E-state index contributed by atoms with van der Waals surface area (Å²) >= 11 is 1.14. The van der Waals surface area contributed by atoms with Gasteiger partial charge in [0.15, 0.2) is 0 Å². The SMILES string of the molecule is FC(F)(F)C1CC2C=CCCCC2S1. The molecule has 3 unspecified atom stereocenters. The topological polar surface area (TPSA) is 0 Å². The molecule has 1 heterocycles. The van der Waals surface area contributed by atoms with Gasteiger partial charge in [-0.1, -0.05) is 12.2 Å². The Balaban J connectivity index is 2.05. The molecule has 4 heteroatoms. The Morgan fingerprint density at radius 2 is 2.07 bits per heavy atom. The van der Waals surface area contributed by atoms with Gasteiger partial charge in [0, 0.05) is 5.25 Å². The maximum atomic E-state index is 12.5. The number of thioether (sulfide) groups is 1. The van der Waals surface area contributed by atoms with Crippen molar-refractivity contribution in [2.24, 2.45) is 5.92 Å². The molecule has 0 amide bonds. The van der Waals surface area contributed by atoms with Gasteiger partial charge in [-0.05, 0) is 31.6 Å². The third-order valence-corrected chi connectivity index (χ3v) is 4.63. The molecule has 1 fully saturated rings. The summed E-state index contributed by atoms with van der Waals surface area (Å²) in [5.41, 5.74) is 0. The lowest BCUT2D eigenvalue weighted by Gasteiger charge is -2.14. The lowest BCUT2D eigenvalue weighted by molar-refractivity contribution is -0.129. The van der Waals surface area contributed by atoms with E-state index in [9.17, 15) is 13.2 Å². The van der Waals surface area contributed by atoms with Gasteiger partial charge < -0.3 is 0 Å². The van der Waals surface area contributed by atoms with Crippen LogP contribution in [0.5, 0.6) is 0 Å². The fourth-order valence-electron chi connectivity index (χ4n) is 2.17. The van der Waals surface area contributed by atoms with Crippen LogP contribution in [-0.2, 0) is 0 Å². The molecule has 0 aromatic rings. The zero-order valence-corrected chi connectivity index (χ0v) is 8.57. The highest BCUT2D eigenvalue weighted by Crippen LogP contribution is 2.48. The molecule has 0 spiro atoms. The van der Waals surface area contributed by atoms with Crippen LogP contribution in [0.1, 0.15) is 25.7 Å². The highest BCUT2D eigenvalue weighted by atomic mass is 32.2. The number of hydrogen-bond donors (Lipinski definition) is 0. The van der Waals surface area contributed by atoms with E-state index in [4.69, 9.17) is 0 Å². The third kappa shape index (κ3) is 2.10. The average molecular weight is 222 g/mol. The summed E-state index contributed by atoms with van der Waals surface area (Å²) in [5.74, 6) is 0.161. The molecule has 0 aromatic carbocycles. The molecule has 2 rings (SSSR count). The second-order valence-corrected chi connectivity index (χ2v) is 5.41. The summed E-state index contributed by atoms with van der Waals surface area (Å²) in [5, 5.41) is -0.916. The Morgan fingerprint density at radius 1 is 1.29 bits per heavy atom. The van der Waals surface area contributed by atoms with Gasteiger partial charge in [-0.2, -0.15) is 13.2 Å². The molecule has 1 saturated heterocycles. The normalized spacial score (nSPS) is 38.1. The molecular formula is C10H13F3S. The first-order valence-corrected chi connectivity index (χ1v) is 5.90. The van der Waals surface area contributed by atoms with Crippen LogP contribution >= 0.6 is 11.8 Å². The minimum atomic E-state index is -4.01. The van der Waals surface area contributed by atoms with Crippen LogP contribution in [0.3, 0.4) is 0 Å². The van der Waals surface area contributed by atoms with E-state index < -0.39 is 11.4 Å². The van der Waals surface area contributed by atoms with Crippen molar-refractivity contribution >= 4 is 11.8 Å². The van der Waals surface area contributed by atoms with E-state index in [-0.39, 0.29) is 17.6 Å². The molecule has 0 radical (unpaired) electrons. The summed E-state index contributed by atoms with van der Waals surface area (Å²) < 4.78 is 37.4. The summed E-state index contributed by atoms with van der Waals surface area (Å²) in [6, 6.07) is 0. The van der Waals surface area contributed by atoms with Crippen molar-refractivity contribution < 1.29 is 13.2 Å². The van der Waals surface area contributed by atoms with Crippen molar-refractivity contribution in [3.05, 3.63) is 12.2 Å². The molecule has 0 aromatic heterocycles. The fourth-order valence-corrected chi connectivity index (χ4v) is 3.79. The van der Waals surface area contributed by atoms with E-state index in [1.54, 1.807) is 0 Å². The molecule has 0 N–H and O–H groups in total. The molecule has 14 heavy (non-hydrogen) atoms. The van der Waals surface area contributed by atoms with E-state index in [2.05, 4.69) is 0 Å². The minimum absolute atomic E-state index is 0.161. The summed E-state index contributed by atoms with van der Waals surface area (Å²) in [6.07, 6.45) is 3.33. The van der Waals surface area contributed by atoms with Crippen LogP contribution in [0.15, 0.2) is 12.2 Å². The van der Waals surface area contributed by atoms with Gasteiger partial charge in [0.1, 0.15) is 5.25 Å². The Morgan fingerprint density at radius 3 is 2.79 bits per heavy atom. The van der Waals surface area contributed by atoms with Crippen molar-refractivity contribution in [3.63, 3.8) is 0 Å². The van der Waals surface area contributed by atoms with Gasteiger partial charge in [0.2, 0.25) is 0 Å². The largest absolute Gasteiger partial charge is 0.400 e. The Kier molecular flexibility index (Phi) is 2.82. The molecule has 0 saturated carbocycles. The molecule has 3 atom stereocenters. The number of halogens is 3. The zero-order valence-electron chi connectivity index (χ0n) is 7.76. The zero-order chi connectivity index (χ0) is 10.2. The summed E-state index contributed by atoms with van der Waals surface area (Å²) in [4.78, 5) is 0. The van der Waals surface area contributed by atoms with Crippen LogP contribution in [-0.4, -0.2) is 16.7 Å². The number of alkyl halides is 3. The highest BCUT2D eigenvalue weighted by Gasteiger charge is 2.48. The second kappa shape index (κ2) is 3.80. The fraction of sp³-hybridized carbons (Fsp3) is 0.800. The minimum Gasteiger partial charge on any atom is -0.170 e. The van der Waals surface area contributed by atoms with Gasteiger partial charge in [-0.15, -0.1) is 11.8 Å². The Labute approximate surface area is 85.9 Å². The molecule has 0 bridgehead atoms. The van der Waals surface area contributed by atoms with Crippen LogP contribution in [0.25, 0.3) is 0 Å². The number of hydrogen-bond acceptors (Lipinski definition) is 1. The molecule has 80 valence electrons. The predicted octanol–water partition coefficient (Wildman–Crippen LogP) is 3.78. The Bertz CT molecular complexity index is 234. The van der Waals surface area contributed by atoms with E-state index in [1.807, 2.05) is 12.2 Å². The lowest BCUT2D eigenvalue weighted by Crippen LogP contribution is -2.23. The average Bonchev–Trinajstić information content (AvgIpc) is 2.38. The molecule has 2 aliphatic rings. The monoisotopic (exact) mass is 222 g/mol. The van der Waals surface area contributed by atoms with Crippen LogP contribution in [0.4, 0.5) is 13.2 Å². The van der Waals surface area contributed by atoms with Gasteiger partial charge in [-0.3, -0.25) is 0 Å². The standard InChI is InChI=1S/C10H13F3S/c11-10(12,13)9-6-7-4-2-1-3-5-8(7)14-9/h2,4,7-9H,1,3,5-6H2. The van der Waals surface area contributed by atoms with Crippen LogP contribution in [0.2, 0.25) is 0 Å². The van der Waals surface area contributed by atoms with Crippen LogP contribution < -0.4 is 0 Å². The van der Waals surface area contributed by atoms with E-state index >= 15 is 0 Å². The predicted molar refractivity (Wildman–Crippen MR) is 52.3 cm³/mol. The van der Waals surface area contributed by atoms with Gasteiger partial charge >= 0.3 is 6.18 Å².